The van der Waals surface area contributed by atoms with Crippen LogP contribution in [0.4, 0.5) is 0 Å². The van der Waals surface area contributed by atoms with Gasteiger partial charge in [0, 0.05) is 11.1 Å². The number of carboxylic acids is 1. The van der Waals surface area contributed by atoms with E-state index in [1.807, 2.05) is 0 Å². The smallest absolute Gasteiger partial charge is 0.335 e. The average Bonchev–Trinajstić information content (AvgIpc) is 2.66. The first-order valence-corrected chi connectivity index (χ1v) is 7.78. The molecule has 0 spiro atoms. The molecular weight excluding hydrogens is 340 g/mol. The molecule has 0 saturated heterocycles. The molecule has 0 heterocycles. The van der Waals surface area contributed by atoms with E-state index in [1.54, 1.807) is 19.1 Å². The fourth-order valence-corrected chi connectivity index (χ4v) is 2.95. The monoisotopic (exact) mass is 362 g/mol. The van der Waals surface area contributed by atoms with Crippen LogP contribution in [0.2, 0.25) is 0 Å². The van der Waals surface area contributed by atoms with Crippen molar-refractivity contribution in [3.63, 3.8) is 0 Å². The molecule has 7 nitrogen and oxygen atoms in total. The Morgan fingerprint density at radius 3 is 1.96 bits per heavy atom. The van der Waals surface area contributed by atoms with Crippen LogP contribution in [0.25, 0.3) is 0 Å². The number of benzene rings is 2. The zero-order chi connectivity index (χ0) is 19.4. The Morgan fingerprint density at radius 1 is 0.923 bits per heavy atom. The van der Waals surface area contributed by atoms with Gasteiger partial charge >= 0.3 is 5.97 Å². The van der Waals surface area contributed by atoms with Crippen molar-refractivity contribution in [3.8, 4) is 23.0 Å². The van der Waals surface area contributed by atoms with Gasteiger partial charge in [-0.1, -0.05) is 12.1 Å². The van der Waals surface area contributed by atoms with Crippen molar-refractivity contribution in [2.24, 2.45) is 0 Å². The van der Waals surface area contributed by atoms with E-state index in [9.17, 15) is 15.0 Å². The summed E-state index contributed by atoms with van der Waals surface area (Å²) in [6.45, 7) is 1.75. The lowest BCUT2D eigenvalue weighted by Crippen LogP contribution is -2.10. The van der Waals surface area contributed by atoms with E-state index in [2.05, 4.69) is 0 Å². The minimum absolute atomic E-state index is 0.0746. The minimum Gasteiger partial charge on any atom is -0.492 e. The third-order valence-corrected chi connectivity index (χ3v) is 4.15. The van der Waals surface area contributed by atoms with Crippen molar-refractivity contribution in [2.45, 2.75) is 13.0 Å². The highest BCUT2D eigenvalue weighted by Gasteiger charge is 2.29. The molecule has 2 rings (SSSR count). The van der Waals surface area contributed by atoms with Crippen LogP contribution in [-0.2, 0) is 0 Å². The van der Waals surface area contributed by atoms with Crippen molar-refractivity contribution in [1.29, 1.82) is 0 Å². The molecule has 0 saturated carbocycles. The van der Waals surface area contributed by atoms with Gasteiger partial charge in [-0.15, -0.1) is 0 Å². The lowest BCUT2D eigenvalue weighted by molar-refractivity contribution is 0.0696. The van der Waals surface area contributed by atoms with Crippen LogP contribution in [-0.4, -0.2) is 44.6 Å². The van der Waals surface area contributed by atoms with Gasteiger partial charge in [-0.2, -0.15) is 0 Å². The number of ether oxygens (including phenoxy) is 4. The predicted octanol–water partition coefficient (Wildman–Crippen LogP) is 2.81. The molecule has 2 N–H and O–H groups in total. The van der Waals surface area contributed by atoms with Crippen LogP contribution in [0.15, 0.2) is 24.3 Å². The molecule has 0 aliphatic carbocycles. The van der Waals surface area contributed by atoms with Gasteiger partial charge in [0.05, 0.1) is 34.0 Å². The van der Waals surface area contributed by atoms with Crippen molar-refractivity contribution >= 4 is 5.97 Å². The van der Waals surface area contributed by atoms with Gasteiger partial charge in [0.1, 0.15) is 6.10 Å². The van der Waals surface area contributed by atoms with Crippen molar-refractivity contribution in [3.05, 3.63) is 46.5 Å². The summed E-state index contributed by atoms with van der Waals surface area (Å²) in [5.74, 6) is 0.234. The molecule has 140 valence electrons. The second-order valence-corrected chi connectivity index (χ2v) is 5.50. The molecule has 0 aliphatic rings. The van der Waals surface area contributed by atoms with E-state index >= 15 is 0 Å². The summed E-state index contributed by atoms with van der Waals surface area (Å²) in [7, 11) is 5.87. The Morgan fingerprint density at radius 2 is 1.46 bits per heavy atom. The number of rotatable bonds is 7. The molecule has 0 aromatic heterocycles. The molecule has 1 atom stereocenters. The summed E-state index contributed by atoms with van der Waals surface area (Å²) in [6.07, 6.45) is -1.15. The standard InChI is InChI=1S/C19H22O7/c1-10-13(14(20)11-7-6-8-12(9-11)19(21)22)16(24-3)18(26-5)17(25-4)15(10)23-2/h6-9,14,20H,1-5H3,(H,21,22). The van der Waals surface area contributed by atoms with Gasteiger partial charge in [-0.25, -0.2) is 4.79 Å². The topological polar surface area (TPSA) is 94.5 Å². The molecule has 0 fully saturated rings. The predicted molar refractivity (Wildman–Crippen MR) is 94.9 cm³/mol. The third kappa shape index (κ3) is 3.25. The molecule has 0 radical (unpaired) electrons. The summed E-state index contributed by atoms with van der Waals surface area (Å²) in [6, 6.07) is 6.08. The highest BCUT2D eigenvalue weighted by molar-refractivity contribution is 5.87. The second-order valence-electron chi connectivity index (χ2n) is 5.50. The maximum absolute atomic E-state index is 11.2. The molecule has 0 amide bonds. The maximum atomic E-state index is 11.2. The van der Waals surface area contributed by atoms with Crippen LogP contribution in [0.5, 0.6) is 23.0 Å². The van der Waals surface area contributed by atoms with Crippen LogP contribution < -0.4 is 18.9 Å². The van der Waals surface area contributed by atoms with E-state index in [0.717, 1.165) is 0 Å². The first-order chi connectivity index (χ1) is 12.4. The first kappa shape index (κ1) is 19.4. The molecule has 1 unspecified atom stereocenters. The second kappa shape index (κ2) is 7.97. The van der Waals surface area contributed by atoms with E-state index in [4.69, 9.17) is 18.9 Å². The van der Waals surface area contributed by atoms with Gasteiger partial charge in [-0.3, -0.25) is 0 Å². The first-order valence-electron chi connectivity index (χ1n) is 7.78. The number of aliphatic hydroxyl groups is 1. The molecule has 2 aromatic carbocycles. The van der Waals surface area contributed by atoms with Crippen molar-refractivity contribution in [2.75, 3.05) is 28.4 Å². The maximum Gasteiger partial charge on any atom is 0.335 e. The fraction of sp³-hybridized carbons (Fsp3) is 0.316. The Kier molecular flexibility index (Phi) is 5.94. The Balaban J connectivity index is 2.75. The molecule has 0 bridgehead atoms. The zero-order valence-corrected chi connectivity index (χ0v) is 15.3. The Bertz CT molecular complexity index is 814. The summed E-state index contributed by atoms with van der Waals surface area (Å²) in [5, 5.41) is 20.2. The molecule has 2 aromatic rings. The van der Waals surface area contributed by atoms with Gasteiger partial charge in [0.15, 0.2) is 11.5 Å². The number of aromatic carboxylic acids is 1. The largest absolute Gasteiger partial charge is 0.492 e. The van der Waals surface area contributed by atoms with E-state index in [-0.39, 0.29) is 17.1 Å². The van der Waals surface area contributed by atoms with Gasteiger partial charge < -0.3 is 29.2 Å². The van der Waals surface area contributed by atoms with Gasteiger partial charge in [0.25, 0.3) is 0 Å². The lowest BCUT2D eigenvalue weighted by atomic mass is 9.93. The van der Waals surface area contributed by atoms with Gasteiger partial charge in [0.2, 0.25) is 11.5 Å². The number of carbonyl (C=O) groups is 1. The van der Waals surface area contributed by atoms with Gasteiger partial charge in [-0.05, 0) is 24.6 Å². The Labute approximate surface area is 151 Å². The number of carboxylic acid groups (broad SMARTS) is 1. The highest BCUT2D eigenvalue weighted by Crippen LogP contribution is 2.51. The van der Waals surface area contributed by atoms with E-state index in [0.29, 0.717) is 28.2 Å². The highest BCUT2D eigenvalue weighted by atomic mass is 16.5. The quantitative estimate of drug-likeness (QED) is 0.782. The third-order valence-electron chi connectivity index (χ3n) is 4.15. The average molecular weight is 362 g/mol. The van der Waals surface area contributed by atoms with Crippen LogP contribution >= 0.6 is 0 Å². The summed E-state index contributed by atoms with van der Waals surface area (Å²) >= 11 is 0. The number of methoxy groups -OCH3 is 4. The fourth-order valence-electron chi connectivity index (χ4n) is 2.95. The van der Waals surface area contributed by atoms with E-state index in [1.165, 1.54) is 40.6 Å². The van der Waals surface area contributed by atoms with Crippen molar-refractivity contribution < 1.29 is 34.0 Å². The molecule has 7 heteroatoms. The normalized spacial score (nSPS) is 11.6. The summed E-state index contributed by atoms with van der Waals surface area (Å²) in [5.41, 5.74) is 1.48. The number of aliphatic hydroxyl groups excluding tert-OH is 1. The SMILES string of the molecule is COc1c(C)c(C(O)c2cccc(C(=O)O)c2)c(OC)c(OC)c1OC. The number of hydrogen-bond acceptors (Lipinski definition) is 6. The van der Waals surface area contributed by atoms with Crippen LogP contribution in [0.1, 0.15) is 33.2 Å². The number of hydrogen-bond donors (Lipinski definition) is 2. The zero-order valence-electron chi connectivity index (χ0n) is 15.3. The molecule has 0 aliphatic heterocycles. The van der Waals surface area contributed by atoms with Crippen molar-refractivity contribution in [1.82, 2.24) is 0 Å². The molecular formula is C19H22O7. The van der Waals surface area contributed by atoms with Crippen LogP contribution in [0, 0.1) is 6.92 Å². The lowest BCUT2D eigenvalue weighted by Gasteiger charge is -2.24. The van der Waals surface area contributed by atoms with E-state index < -0.39 is 12.1 Å². The Hall–Kier alpha value is -2.93. The van der Waals surface area contributed by atoms with Crippen LogP contribution in [0.3, 0.4) is 0 Å². The minimum atomic E-state index is -1.15. The molecule has 26 heavy (non-hydrogen) atoms. The summed E-state index contributed by atoms with van der Waals surface area (Å²) in [4.78, 5) is 11.2. The summed E-state index contributed by atoms with van der Waals surface area (Å²) < 4.78 is 21.7.